The average Bonchev–Trinajstić information content (AvgIpc) is 2.78. The minimum absolute atomic E-state index is 0.144. The number of hydrogen-bond acceptors (Lipinski definition) is 5. The number of aromatic nitrogens is 1. The van der Waals surface area contributed by atoms with Crippen molar-refractivity contribution < 1.29 is 19.1 Å². The number of carbonyl (C=O) groups is 3. The molecule has 0 spiro atoms. The molecule has 0 atom stereocenters. The lowest BCUT2D eigenvalue weighted by Crippen LogP contribution is -2.16. The van der Waals surface area contributed by atoms with Crippen molar-refractivity contribution in [2.24, 2.45) is 0 Å². The van der Waals surface area contributed by atoms with Gasteiger partial charge in [0.15, 0.2) is 0 Å². The molecule has 8 heteroatoms. The fourth-order valence-corrected chi connectivity index (χ4v) is 1.99. The summed E-state index contributed by atoms with van der Waals surface area (Å²) in [5.74, 6) is -0.692. The van der Waals surface area contributed by atoms with Gasteiger partial charge in [-0.1, -0.05) is 22.0 Å². The predicted molar refractivity (Wildman–Crippen MR) is 78.2 cm³/mol. The topological polar surface area (TPSA) is 76.6 Å². The molecule has 0 unspecified atom stereocenters. The maximum atomic E-state index is 11.0. The molecule has 2 amide bonds. The van der Waals surface area contributed by atoms with Gasteiger partial charge in [0.05, 0.1) is 29.0 Å². The van der Waals surface area contributed by atoms with E-state index in [0.29, 0.717) is 23.9 Å². The van der Waals surface area contributed by atoms with Crippen LogP contribution in [0.5, 0.6) is 0 Å². The van der Waals surface area contributed by atoms with E-state index in [0.717, 1.165) is 9.62 Å². The van der Waals surface area contributed by atoms with Crippen LogP contribution in [0, 0.1) is 0 Å². The zero-order valence-corrected chi connectivity index (χ0v) is 13.8. The molecule has 0 N–H and O–H groups in total. The van der Waals surface area contributed by atoms with Gasteiger partial charge in [0.25, 0.3) is 0 Å². The molecule has 6 nitrogen and oxygen atoms in total. The van der Waals surface area contributed by atoms with Gasteiger partial charge < -0.3 is 4.74 Å². The maximum absolute atomic E-state index is 11.0. The molecule has 2 heterocycles. The monoisotopic (exact) mass is 406 g/mol. The van der Waals surface area contributed by atoms with E-state index in [1.165, 1.54) is 7.11 Å². The van der Waals surface area contributed by atoms with Gasteiger partial charge in [-0.2, -0.15) is 0 Å². The molecule has 20 heavy (non-hydrogen) atoms. The second kappa shape index (κ2) is 8.11. The molecule has 0 aliphatic carbocycles. The molecule has 1 saturated heterocycles. The number of imide groups is 1. The Hall–Kier alpha value is -1.28. The number of methoxy groups -OCH3 is 1. The Labute approximate surface area is 133 Å². The highest BCUT2D eigenvalue weighted by molar-refractivity contribution is 9.08. The van der Waals surface area contributed by atoms with Crippen LogP contribution in [0.4, 0.5) is 0 Å². The fraction of sp³-hybridized carbons (Fsp3) is 0.333. The average molecular weight is 408 g/mol. The number of halogens is 2. The van der Waals surface area contributed by atoms with E-state index in [-0.39, 0.29) is 11.8 Å². The summed E-state index contributed by atoms with van der Waals surface area (Å²) in [5.41, 5.74) is 1.16. The third-order valence-electron chi connectivity index (χ3n) is 2.33. The Morgan fingerprint density at radius 1 is 1.35 bits per heavy atom. The molecule has 0 aromatic carbocycles. The van der Waals surface area contributed by atoms with Crippen LogP contribution < -0.4 is 0 Å². The lowest BCUT2D eigenvalue weighted by Gasteiger charge is -1.99. The van der Waals surface area contributed by atoms with Crippen molar-refractivity contribution >= 4 is 49.9 Å². The van der Waals surface area contributed by atoms with Crippen molar-refractivity contribution in [2.45, 2.75) is 18.2 Å². The molecule has 0 saturated carbocycles. The molecule has 1 aliphatic rings. The largest absolute Gasteiger partial charge is 0.464 e. The predicted octanol–water partition coefficient (Wildman–Crippen LogP) is 2.21. The molecule has 0 radical (unpaired) electrons. The van der Waals surface area contributed by atoms with E-state index in [4.69, 9.17) is 0 Å². The van der Waals surface area contributed by atoms with Crippen LogP contribution >= 0.6 is 32.1 Å². The second-order valence-electron chi connectivity index (χ2n) is 3.71. The van der Waals surface area contributed by atoms with Crippen LogP contribution in [0.2, 0.25) is 0 Å². The second-order valence-corrected chi connectivity index (χ2v) is 4.98. The van der Waals surface area contributed by atoms with Crippen LogP contribution in [0.3, 0.4) is 0 Å². The van der Waals surface area contributed by atoms with Gasteiger partial charge in [-0.3, -0.25) is 9.59 Å². The van der Waals surface area contributed by atoms with Gasteiger partial charge in [-0.25, -0.2) is 13.7 Å². The minimum Gasteiger partial charge on any atom is -0.464 e. The van der Waals surface area contributed by atoms with Crippen LogP contribution in [0.25, 0.3) is 0 Å². The number of ether oxygens (including phenoxy) is 1. The van der Waals surface area contributed by atoms with Crippen LogP contribution in [-0.4, -0.2) is 33.8 Å². The maximum Gasteiger partial charge on any atom is 0.356 e. The van der Waals surface area contributed by atoms with Crippen molar-refractivity contribution in [3.8, 4) is 0 Å². The lowest BCUT2D eigenvalue weighted by molar-refractivity contribution is -0.131. The number of carbonyl (C=O) groups excluding carboxylic acids is 3. The third kappa shape index (κ3) is 4.68. The molecule has 1 aliphatic heterocycles. The molecule has 1 fully saturated rings. The standard InChI is InChI=1S/C8H8BrNO2.C4H4BrNO2/c1-12-8(11)7-4-2-3-6(5-9)10-7;5-6-3(7)1-2-4(6)8/h2-4H,5H2,1H3;1-2H2. The highest BCUT2D eigenvalue weighted by Crippen LogP contribution is 2.14. The van der Waals surface area contributed by atoms with Crippen LogP contribution in [0.1, 0.15) is 29.0 Å². The van der Waals surface area contributed by atoms with Gasteiger partial charge in [-0.15, -0.1) is 0 Å². The number of pyridine rings is 1. The Balaban J connectivity index is 0.000000217. The van der Waals surface area contributed by atoms with Gasteiger partial charge in [0.1, 0.15) is 5.69 Å². The number of amides is 2. The minimum atomic E-state index is -0.405. The first-order valence-electron chi connectivity index (χ1n) is 5.61. The molecular formula is C12H12Br2N2O4. The van der Waals surface area contributed by atoms with Crippen molar-refractivity contribution in [3.05, 3.63) is 29.6 Å². The number of hydrogen-bond donors (Lipinski definition) is 0. The zero-order chi connectivity index (χ0) is 15.1. The highest BCUT2D eigenvalue weighted by atomic mass is 79.9. The molecule has 1 aromatic heterocycles. The zero-order valence-electron chi connectivity index (χ0n) is 10.6. The van der Waals surface area contributed by atoms with E-state index >= 15 is 0 Å². The summed E-state index contributed by atoms with van der Waals surface area (Å²) in [6.07, 6.45) is 0.703. The van der Waals surface area contributed by atoms with Crippen molar-refractivity contribution in [1.29, 1.82) is 0 Å². The number of esters is 1. The molecule has 2 rings (SSSR count). The SMILES string of the molecule is COC(=O)c1cccc(CBr)n1.O=C1CCC(=O)N1Br. The fourth-order valence-electron chi connectivity index (χ4n) is 1.32. The normalized spacial score (nSPS) is 13.8. The van der Waals surface area contributed by atoms with Crippen molar-refractivity contribution in [3.63, 3.8) is 0 Å². The summed E-state index contributed by atoms with van der Waals surface area (Å²) in [5, 5.41) is 0.637. The Morgan fingerprint density at radius 3 is 2.35 bits per heavy atom. The first-order chi connectivity index (χ1) is 9.49. The van der Waals surface area contributed by atoms with Gasteiger partial charge in [-0.05, 0) is 12.1 Å². The first kappa shape index (κ1) is 16.8. The van der Waals surface area contributed by atoms with Crippen molar-refractivity contribution in [1.82, 2.24) is 8.91 Å². The quantitative estimate of drug-likeness (QED) is 0.325. The van der Waals surface area contributed by atoms with Gasteiger partial charge >= 0.3 is 5.97 Å². The third-order valence-corrected chi connectivity index (χ3v) is 3.69. The van der Waals surface area contributed by atoms with E-state index in [1.807, 2.05) is 6.07 Å². The summed E-state index contributed by atoms with van der Waals surface area (Å²) in [6, 6.07) is 5.23. The lowest BCUT2D eigenvalue weighted by atomic mass is 10.3. The van der Waals surface area contributed by atoms with Gasteiger partial charge in [0, 0.05) is 18.2 Å². The summed E-state index contributed by atoms with van der Waals surface area (Å²) in [7, 11) is 1.34. The molecular weight excluding hydrogens is 396 g/mol. The summed E-state index contributed by atoms with van der Waals surface area (Å²) >= 11 is 6.05. The number of alkyl halides is 1. The molecule has 108 valence electrons. The van der Waals surface area contributed by atoms with E-state index in [2.05, 4.69) is 41.8 Å². The van der Waals surface area contributed by atoms with Crippen LogP contribution in [0.15, 0.2) is 18.2 Å². The molecule has 0 bridgehead atoms. The first-order valence-corrected chi connectivity index (χ1v) is 7.44. The van der Waals surface area contributed by atoms with Crippen LogP contribution in [-0.2, 0) is 19.7 Å². The summed E-state index contributed by atoms with van der Waals surface area (Å²) in [6.45, 7) is 0. The summed E-state index contributed by atoms with van der Waals surface area (Å²) in [4.78, 5) is 35.9. The van der Waals surface area contributed by atoms with E-state index in [9.17, 15) is 14.4 Å². The number of nitrogens with zero attached hydrogens (tertiary/aromatic N) is 2. The van der Waals surface area contributed by atoms with E-state index in [1.54, 1.807) is 12.1 Å². The van der Waals surface area contributed by atoms with Gasteiger partial charge in [0.2, 0.25) is 11.8 Å². The van der Waals surface area contributed by atoms with E-state index < -0.39 is 5.97 Å². The Bertz CT molecular complexity index is 506. The van der Waals surface area contributed by atoms with Crippen molar-refractivity contribution in [2.75, 3.05) is 7.11 Å². The highest BCUT2D eigenvalue weighted by Gasteiger charge is 2.26. The Kier molecular flexibility index (Phi) is 6.80. The summed E-state index contributed by atoms with van der Waals surface area (Å²) < 4.78 is 5.50. The number of rotatable bonds is 2. The molecule has 1 aromatic rings. The smallest absolute Gasteiger partial charge is 0.356 e. The Morgan fingerprint density at radius 2 is 1.95 bits per heavy atom.